The number of ether oxygens (including phenoxy) is 1. The van der Waals surface area contributed by atoms with Crippen LogP contribution in [0.4, 0.5) is 11.4 Å². The summed E-state index contributed by atoms with van der Waals surface area (Å²) in [6.45, 7) is 4.92. The normalized spacial score (nSPS) is 11.5. The summed E-state index contributed by atoms with van der Waals surface area (Å²) in [5.41, 5.74) is 4.53. The summed E-state index contributed by atoms with van der Waals surface area (Å²) < 4.78 is 33.3. The van der Waals surface area contributed by atoms with Gasteiger partial charge in [-0.3, -0.25) is 13.9 Å². The monoisotopic (exact) mass is 508 g/mol. The molecule has 0 aliphatic heterocycles. The lowest BCUT2D eigenvalue weighted by molar-refractivity contribution is -0.119. The molecule has 0 atom stereocenters. The van der Waals surface area contributed by atoms with Crippen LogP contribution < -0.4 is 19.8 Å². The van der Waals surface area contributed by atoms with Crippen molar-refractivity contribution >= 4 is 38.9 Å². The lowest BCUT2D eigenvalue weighted by Gasteiger charge is -2.23. The standard InChI is InChI=1S/C26H28N4O5S/c1-4-35-24-13-15-25(16-14-24)36(33,34)30(23-11-6-5-7-12-23)18-26(32)29-28-19(2)21-9-8-10-22(17-21)27-20(3)31/h5-17H,4,18H2,1-3H3,(H,27,31)(H,29,32)/b28-19-. The minimum Gasteiger partial charge on any atom is -0.494 e. The lowest BCUT2D eigenvalue weighted by atomic mass is 10.1. The van der Waals surface area contributed by atoms with Crippen LogP contribution in [0.15, 0.2) is 88.9 Å². The van der Waals surface area contributed by atoms with Gasteiger partial charge in [0, 0.05) is 12.6 Å². The van der Waals surface area contributed by atoms with Gasteiger partial charge in [-0.1, -0.05) is 30.3 Å². The van der Waals surface area contributed by atoms with Gasteiger partial charge in [0.05, 0.1) is 22.9 Å². The van der Waals surface area contributed by atoms with Gasteiger partial charge in [-0.15, -0.1) is 0 Å². The summed E-state index contributed by atoms with van der Waals surface area (Å²) in [6, 6.07) is 21.4. The summed E-state index contributed by atoms with van der Waals surface area (Å²) in [7, 11) is -4.06. The number of hydrazone groups is 1. The van der Waals surface area contributed by atoms with Gasteiger partial charge in [0.25, 0.3) is 15.9 Å². The van der Waals surface area contributed by atoms with Gasteiger partial charge in [-0.2, -0.15) is 5.10 Å². The van der Waals surface area contributed by atoms with Crippen LogP contribution in [0.3, 0.4) is 0 Å². The second-order valence-corrected chi connectivity index (χ2v) is 9.61. The Morgan fingerprint density at radius 3 is 2.28 bits per heavy atom. The predicted molar refractivity (Wildman–Crippen MR) is 140 cm³/mol. The van der Waals surface area contributed by atoms with Crippen LogP contribution in [0.1, 0.15) is 26.3 Å². The molecule has 0 radical (unpaired) electrons. The molecule has 3 rings (SSSR count). The number of para-hydroxylation sites is 1. The predicted octanol–water partition coefficient (Wildman–Crippen LogP) is 3.78. The smallest absolute Gasteiger partial charge is 0.264 e. The van der Waals surface area contributed by atoms with E-state index in [4.69, 9.17) is 4.74 Å². The van der Waals surface area contributed by atoms with Crippen LogP contribution in [0.5, 0.6) is 5.75 Å². The molecule has 0 aliphatic rings. The van der Waals surface area contributed by atoms with Crippen molar-refractivity contribution < 1.29 is 22.7 Å². The van der Waals surface area contributed by atoms with Gasteiger partial charge in [0.1, 0.15) is 12.3 Å². The molecular weight excluding hydrogens is 480 g/mol. The first-order valence-electron chi connectivity index (χ1n) is 11.2. The van der Waals surface area contributed by atoms with Crippen molar-refractivity contribution in [3.05, 3.63) is 84.4 Å². The highest BCUT2D eigenvalue weighted by atomic mass is 32.2. The minimum absolute atomic E-state index is 0.0251. The molecule has 0 heterocycles. The molecule has 3 aromatic carbocycles. The summed E-state index contributed by atoms with van der Waals surface area (Å²) in [6.07, 6.45) is 0. The van der Waals surface area contributed by atoms with Gasteiger partial charge in [0.15, 0.2) is 0 Å². The van der Waals surface area contributed by atoms with Crippen LogP contribution in [-0.2, 0) is 19.6 Å². The number of hydrogen-bond acceptors (Lipinski definition) is 6. The molecule has 2 N–H and O–H groups in total. The molecule has 188 valence electrons. The summed E-state index contributed by atoms with van der Waals surface area (Å²) >= 11 is 0. The van der Waals surface area contributed by atoms with E-state index in [1.165, 1.54) is 19.1 Å². The van der Waals surface area contributed by atoms with Crippen molar-refractivity contribution in [2.45, 2.75) is 25.7 Å². The van der Waals surface area contributed by atoms with Gasteiger partial charge < -0.3 is 10.1 Å². The minimum atomic E-state index is -4.06. The van der Waals surface area contributed by atoms with Crippen molar-refractivity contribution in [2.75, 3.05) is 22.8 Å². The Morgan fingerprint density at radius 2 is 1.64 bits per heavy atom. The number of hydrogen-bond donors (Lipinski definition) is 2. The van der Waals surface area contributed by atoms with Crippen LogP contribution in [0.2, 0.25) is 0 Å². The molecule has 0 saturated carbocycles. The first-order valence-corrected chi connectivity index (χ1v) is 12.7. The summed E-state index contributed by atoms with van der Waals surface area (Å²) in [5.74, 6) is -0.275. The third-order valence-electron chi connectivity index (χ3n) is 5.00. The van der Waals surface area contributed by atoms with Crippen LogP contribution in [-0.4, -0.2) is 39.1 Å². The average Bonchev–Trinajstić information content (AvgIpc) is 2.86. The molecule has 9 nitrogen and oxygen atoms in total. The highest BCUT2D eigenvalue weighted by molar-refractivity contribution is 7.92. The summed E-state index contributed by atoms with van der Waals surface area (Å²) in [5, 5.41) is 6.80. The van der Waals surface area contributed by atoms with Crippen LogP contribution in [0.25, 0.3) is 0 Å². The molecule has 0 saturated heterocycles. The largest absolute Gasteiger partial charge is 0.494 e. The molecule has 2 amide bonds. The molecule has 0 aromatic heterocycles. The van der Waals surface area contributed by atoms with E-state index in [1.54, 1.807) is 73.7 Å². The Labute approximate surface area is 210 Å². The van der Waals surface area contributed by atoms with E-state index < -0.39 is 22.5 Å². The zero-order valence-electron chi connectivity index (χ0n) is 20.3. The lowest BCUT2D eigenvalue weighted by Crippen LogP contribution is -2.39. The van der Waals surface area contributed by atoms with Gasteiger partial charge >= 0.3 is 0 Å². The first kappa shape index (κ1) is 26.4. The summed E-state index contributed by atoms with van der Waals surface area (Å²) in [4.78, 5) is 24.1. The Morgan fingerprint density at radius 1 is 0.944 bits per heavy atom. The van der Waals surface area contributed by atoms with Crippen LogP contribution in [0, 0.1) is 0 Å². The van der Waals surface area contributed by atoms with Crippen LogP contribution >= 0.6 is 0 Å². The van der Waals surface area contributed by atoms with Gasteiger partial charge in [0.2, 0.25) is 5.91 Å². The van der Waals surface area contributed by atoms with Gasteiger partial charge in [-0.05, 0) is 67.9 Å². The molecule has 0 bridgehead atoms. The molecule has 0 unspecified atom stereocenters. The number of nitrogens with one attached hydrogen (secondary N) is 2. The van der Waals surface area contributed by atoms with Crippen molar-refractivity contribution in [1.82, 2.24) is 5.43 Å². The van der Waals surface area contributed by atoms with E-state index in [2.05, 4.69) is 15.8 Å². The highest BCUT2D eigenvalue weighted by Gasteiger charge is 2.27. The fourth-order valence-electron chi connectivity index (χ4n) is 3.31. The van der Waals surface area contributed by atoms with E-state index in [9.17, 15) is 18.0 Å². The topological polar surface area (TPSA) is 117 Å². The number of carbonyl (C=O) groups excluding carboxylic acids is 2. The van der Waals surface area contributed by atoms with E-state index in [0.29, 0.717) is 35.0 Å². The van der Waals surface area contributed by atoms with Crippen molar-refractivity contribution in [3.8, 4) is 5.75 Å². The van der Waals surface area contributed by atoms with E-state index in [0.717, 1.165) is 4.31 Å². The molecule has 0 aliphatic carbocycles. The molecule has 0 spiro atoms. The number of rotatable bonds is 10. The zero-order chi connectivity index (χ0) is 26.1. The fraction of sp³-hybridized carbons (Fsp3) is 0.192. The molecular formula is C26H28N4O5S. The van der Waals surface area contributed by atoms with Crippen molar-refractivity contribution in [3.63, 3.8) is 0 Å². The third-order valence-corrected chi connectivity index (χ3v) is 6.79. The number of anilines is 2. The van der Waals surface area contributed by atoms with E-state index >= 15 is 0 Å². The quantitative estimate of drug-likeness (QED) is 0.319. The maximum Gasteiger partial charge on any atom is 0.264 e. The zero-order valence-corrected chi connectivity index (χ0v) is 21.1. The number of nitrogens with zero attached hydrogens (tertiary/aromatic N) is 2. The van der Waals surface area contributed by atoms with E-state index in [1.807, 2.05) is 6.92 Å². The highest BCUT2D eigenvalue weighted by Crippen LogP contribution is 2.25. The maximum absolute atomic E-state index is 13.5. The average molecular weight is 509 g/mol. The van der Waals surface area contributed by atoms with Crippen molar-refractivity contribution in [2.24, 2.45) is 5.10 Å². The van der Waals surface area contributed by atoms with Gasteiger partial charge in [-0.25, -0.2) is 13.8 Å². The second kappa shape index (κ2) is 12.0. The fourth-order valence-corrected chi connectivity index (χ4v) is 4.73. The first-order chi connectivity index (χ1) is 17.2. The number of carbonyl (C=O) groups is 2. The maximum atomic E-state index is 13.5. The second-order valence-electron chi connectivity index (χ2n) is 7.75. The molecule has 0 fully saturated rings. The Hall–Kier alpha value is -4.18. The number of amides is 2. The third kappa shape index (κ3) is 6.92. The van der Waals surface area contributed by atoms with Crippen molar-refractivity contribution in [1.29, 1.82) is 0 Å². The van der Waals surface area contributed by atoms with E-state index in [-0.39, 0.29) is 10.8 Å². The Bertz CT molecular complexity index is 1340. The molecule has 36 heavy (non-hydrogen) atoms. The molecule has 3 aromatic rings. The number of benzene rings is 3. The Balaban J connectivity index is 1.81. The number of sulfonamides is 1. The SMILES string of the molecule is CCOc1ccc(S(=O)(=O)N(CC(=O)N/N=C(/C)c2cccc(NC(C)=O)c2)c2ccccc2)cc1. The Kier molecular flexibility index (Phi) is 8.80. The molecule has 10 heteroatoms.